The van der Waals surface area contributed by atoms with Gasteiger partial charge in [0, 0.05) is 31.3 Å². The van der Waals surface area contributed by atoms with Crippen LogP contribution in [0.15, 0.2) is 30.5 Å². The Labute approximate surface area is 214 Å². The Bertz CT molecular complexity index is 1590. The van der Waals surface area contributed by atoms with E-state index in [-0.39, 0.29) is 37.8 Å². The normalized spacial score (nSPS) is 18.4. The maximum Gasteiger partial charge on any atom is 0.281 e. The lowest BCUT2D eigenvalue weighted by Crippen LogP contribution is -2.55. The van der Waals surface area contributed by atoms with Crippen LogP contribution in [-0.2, 0) is 16.6 Å². The summed E-state index contributed by atoms with van der Waals surface area (Å²) in [5.41, 5.74) is 2.93. The maximum atomic E-state index is 14.8. The summed E-state index contributed by atoms with van der Waals surface area (Å²) in [4.78, 5) is 4.28. The number of hydrogen-bond donors (Lipinski definition) is 1. The van der Waals surface area contributed by atoms with E-state index < -0.39 is 35.0 Å². The van der Waals surface area contributed by atoms with Crippen LogP contribution in [0.25, 0.3) is 27.7 Å². The molecular formula is C22H24F4N8O3S. The van der Waals surface area contributed by atoms with Crippen molar-refractivity contribution in [2.24, 2.45) is 0 Å². The first-order valence-corrected chi connectivity index (χ1v) is 13.5. The summed E-state index contributed by atoms with van der Waals surface area (Å²) in [5.74, 6) is -3.35. The van der Waals surface area contributed by atoms with Crippen LogP contribution in [0.4, 0.5) is 23.5 Å². The van der Waals surface area contributed by atoms with Crippen LogP contribution in [-0.4, -0.2) is 87.2 Å². The van der Waals surface area contributed by atoms with Crippen LogP contribution in [0, 0.1) is 0 Å². The summed E-state index contributed by atoms with van der Waals surface area (Å²) in [7, 11) is -2.37. The Morgan fingerprint density at radius 3 is 2.74 bits per heavy atom. The van der Waals surface area contributed by atoms with E-state index in [2.05, 4.69) is 25.7 Å². The number of rotatable bonds is 8. The van der Waals surface area contributed by atoms with E-state index in [0.717, 1.165) is 10.6 Å². The number of anilines is 1. The highest BCUT2D eigenvalue weighted by Crippen LogP contribution is 2.34. The highest BCUT2D eigenvalue weighted by atomic mass is 32.2. The molecule has 38 heavy (non-hydrogen) atoms. The monoisotopic (exact) mass is 556 g/mol. The van der Waals surface area contributed by atoms with Crippen molar-refractivity contribution >= 4 is 32.5 Å². The molecule has 1 saturated heterocycles. The van der Waals surface area contributed by atoms with E-state index in [1.807, 2.05) is 0 Å². The molecule has 1 fully saturated rings. The first kappa shape index (κ1) is 26.1. The van der Waals surface area contributed by atoms with Crippen LogP contribution in [0.2, 0.25) is 0 Å². The third kappa shape index (κ3) is 4.97. The van der Waals surface area contributed by atoms with Crippen molar-refractivity contribution in [3.63, 3.8) is 0 Å². The Kier molecular flexibility index (Phi) is 6.63. The second-order valence-electron chi connectivity index (χ2n) is 9.01. The average molecular weight is 557 g/mol. The van der Waals surface area contributed by atoms with Gasteiger partial charge in [-0.3, -0.25) is 0 Å². The van der Waals surface area contributed by atoms with Gasteiger partial charge < -0.3 is 10.1 Å². The number of sulfonamides is 1. The van der Waals surface area contributed by atoms with Crippen LogP contribution in [0.3, 0.4) is 0 Å². The fourth-order valence-corrected chi connectivity index (χ4v) is 5.32. The summed E-state index contributed by atoms with van der Waals surface area (Å²) in [5, 5.41) is 14.9. The number of alkyl halides is 4. The molecule has 1 aliphatic rings. The molecule has 4 aromatic rings. The van der Waals surface area contributed by atoms with Gasteiger partial charge in [-0.25, -0.2) is 35.2 Å². The molecule has 11 nitrogen and oxygen atoms in total. The highest BCUT2D eigenvalue weighted by Gasteiger charge is 2.47. The topological polar surface area (TPSA) is 120 Å². The molecule has 3 aromatic heterocycles. The van der Waals surface area contributed by atoms with Gasteiger partial charge in [-0.1, -0.05) is 11.3 Å². The standard InChI is InChI=1S/C22H24F4N8O3S/c1-37-20-19-14(13-3-4-15-16(11-13)33(31-29-15)10-7-18(23)24)5-9-34(19)30-21(28-20)27-17-6-8-32(38(2,35)36)12-22(17,25)26/h3-5,9,11,17-18H,6-8,10,12H2,1-2H3,(H,27,30)/t17-/m1/s1. The minimum atomic E-state index is -3.75. The maximum absolute atomic E-state index is 14.8. The van der Waals surface area contributed by atoms with Gasteiger partial charge >= 0.3 is 0 Å². The smallest absolute Gasteiger partial charge is 0.281 e. The summed E-state index contributed by atoms with van der Waals surface area (Å²) >= 11 is 0. The lowest BCUT2D eigenvalue weighted by atomic mass is 10.0. The van der Waals surface area contributed by atoms with Gasteiger partial charge in [0.15, 0.2) is 0 Å². The number of halogens is 4. The molecule has 4 heterocycles. The molecule has 0 saturated carbocycles. The first-order valence-electron chi connectivity index (χ1n) is 11.6. The second kappa shape index (κ2) is 9.65. The zero-order chi connectivity index (χ0) is 27.2. The van der Waals surface area contributed by atoms with Crippen LogP contribution in [0.1, 0.15) is 12.8 Å². The van der Waals surface area contributed by atoms with Crippen molar-refractivity contribution in [2.75, 3.05) is 31.8 Å². The van der Waals surface area contributed by atoms with E-state index in [0.29, 0.717) is 27.7 Å². The zero-order valence-corrected chi connectivity index (χ0v) is 21.2. The Morgan fingerprint density at radius 1 is 1.26 bits per heavy atom. The number of methoxy groups -OCH3 is 1. The van der Waals surface area contributed by atoms with Crippen LogP contribution >= 0.6 is 0 Å². The van der Waals surface area contributed by atoms with Gasteiger partial charge in [-0.05, 0) is 30.2 Å². The molecular weight excluding hydrogens is 532 g/mol. The van der Waals surface area contributed by atoms with Gasteiger partial charge in [-0.2, -0.15) is 9.29 Å². The average Bonchev–Trinajstić information content (AvgIpc) is 3.46. The van der Waals surface area contributed by atoms with Gasteiger partial charge in [0.05, 0.1) is 31.5 Å². The first-order chi connectivity index (χ1) is 18.0. The lowest BCUT2D eigenvalue weighted by molar-refractivity contribution is -0.0541. The van der Waals surface area contributed by atoms with Crippen LogP contribution in [0.5, 0.6) is 5.88 Å². The Morgan fingerprint density at radius 2 is 2.05 bits per heavy atom. The number of aryl methyl sites for hydroxylation is 1. The van der Waals surface area contributed by atoms with Gasteiger partial charge in [0.1, 0.15) is 11.0 Å². The molecule has 1 aliphatic heterocycles. The number of nitrogens with one attached hydrogen (secondary N) is 1. The third-order valence-corrected chi connectivity index (χ3v) is 7.64. The molecule has 0 radical (unpaired) electrons. The summed E-state index contributed by atoms with van der Waals surface area (Å²) in [6.45, 7) is -1.00. The zero-order valence-electron chi connectivity index (χ0n) is 20.4. The fraction of sp³-hybridized carbons (Fsp3) is 0.455. The fourth-order valence-electron chi connectivity index (χ4n) is 4.47. The van der Waals surface area contributed by atoms with Gasteiger partial charge in [0.25, 0.3) is 5.92 Å². The van der Waals surface area contributed by atoms with Crippen molar-refractivity contribution in [3.05, 3.63) is 30.5 Å². The predicted octanol–water partition coefficient (Wildman–Crippen LogP) is 2.89. The number of ether oxygens (including phenoxy) is 1. The van der Waals surface area contributed by atoms with Crippen molar-refractivity contribution < 1.29 is 30.7 Å². The lowest BCUT2D eigenvalue weighted by Gasteiger charge is -2.37. The van der Waals surface area contributed by atoms with E-state index in [1.165, 1.54) is 16.3 Å². The number of piperidine rings is 1. The number of nitrogens with zero attached hydrogens (tertiary/aromatic N) is 7. The number of aromatic nitrogens is 6. The van der Waals surface area contributed by atoms with Crippen molar-refractivity contribution in [1.82, 2.24) is 33.9 Å². The van der Waals surface area contributed by atoms with Gasteiger partial charge in [-0.15, -0.1) is 10.2 Å². The Hall–Kier alpha value is -3.53. The molecule has 0 amide bonds. The summed E-state index contributed by atoms with van der Waals surface area (Å²) < 4.78 is 87.4. The molecule has 5 rings (SSSR count). The van der Waals surface area contributed by atoms with E-state index in [9.17, 15) is 26.0 Å². The molecule has 204 valence electrons. The minimum Gasteiger partial charge on any atom is -0.479 e. The quantitative estimate of drug-likeness (QED) is 0.329. The molecule has 1 N–H and O–H groups in total. The molecule has 0 bridgehead atoms. The summed E-state index contributed by atoms with van der Waals surface area (Å²) in [6.07, 6.45) is -0.464. The van der Waals surface area contributed by atoms with Gasteiger partial charge in [0.2, 0.25) is 28.3 Å². The molecule has 0 aliphatic carbocycles. The molecule has 16 heteroatoms. The largest absolute Gasteiger partial charge is 0.479 e. The van der Waals surface area contributed by atoms with Crippen molar-refractivity contribution in [2.45, 2.75) is 37.8 Å². The molecule has 1 aromatic carbocycles. The Balaban J connectivity index is 1.46. The molecule has 0 spiro atoms. The van der Waals surface area contributed by atoms with E-state index in [1.54, 1.807) is 30.5 Å². The second-order valence-corrected chi connectivity index (χ2v) is 11.0. The number of fused-ring (bicyclic) bond motifs is 2. The van der Waals surface area contributed by atoms with Crippen LogP contribution < -0.4 is 10.1 Å². The molecule has 0 unspecified atom stereocenters. The minimum absolute atomic E-state index is 0.00331. The number of benzene rings is 1. The van der Waals surface area contributed by atoms with Crippen molar-refractivity contribution in [1.29, 1.82) is 0 Å². The summed E-state index contributed by atoms with van der Waals surface area (Å²) in [6, 6.07) is 5.61. The van der Waals surface area contributed by atoms with E-state index in [4.69, 9.17) is 4.74 Å². The van der Waals surface area contributed by atoms with E-state index >= 15 is 0 Å². The number of hydrogen-bond acceptors (Lipinski definition) is 8. The molecule has 1 atom stereocenters. The predicted molar refractivity (Wildman–Crippen MR) is 130 cm³/mol. The SMILES string of the molecule is COc1nc(N[C@@H]2CCN(S(C)(=O)=O)CC2(F)F)nn2ccc(-c3ccc4nnn(CCC(F)F)c4c3)c12. The highest BCUT2D eigenvalue weighted by molar-refractivity contribution is 7.88. The third-order valence-electron chi connectivity index (χ3n) is 6.39. The van der Waals surface area contributed by atoms with Crippen molar-refractivity contribution in [3.8, 4) is 17.0 Å².